The van der Waals surface area contributed by atoms with Crippen LogP contribution in [-0.4, -0.2) is 31.7 Å². The molecule has 0 spiro atoms. The highest BCUT2D eigenvalue weighted by Gasteiger charge is 2.08. The maximum absolute atomic E-state index is 12.2. The van der Waals surface area contributed by atoms with Crippen molar-refractivity contribution in [2.24, 2.45) is 0 Å². The van der Waals surface area contributed by atoms with Crippen molar-refractivity contribution in [2.75, 3.05) is 12.0 Å². The maximum atomic E-state index is 12.2. The van der Waals surface area contributed by atoms with E-state index in [0.717, 1.165) is 5.39 Å². The van der Waals surface area contributed by atoms with Crippen LogP contribution in [0.2, 0.25) is 0 Å². The normalized spacial score (nSPS) is 9.86. The summed E-state index contributed by atoms with van der Waals surface area (Å²) in [7, 11) is 0. The molecule has 22 heavy (non-hydrogen) atoms. The van der Waals surface area contributed by atoms with Gasteiger partial charge in [-0.2, -0.15) is 0 Å². The van der Waals surface area contributed by atoms with E-state index in [-0.39, 0.29) is 16.5 Å². The predicted octanol–water partition coefficient (Wildman–Crippen LogP) is 0.435. The van der Waals surface area contributed by atoms with Gasteiger partial charge < -0.3 is 16.7 Å². The van der Waals surface area contributed by atoms with Crippen molar-refractivity contribution < 1.29 is 11.0 Å². The van der Waals surface area contributed by atoms with Crippen LogP contribution in [0.15, 0.2) is 52.5 Å². The minimum Gasteiger partial charge on any atom is -0.412 e. The predicted molar refractivity (Wildman–Crippen MR) is 88.6 cm³/mol. The molecule has 0 fully saturated rings. The Morgan fingerprint density at radius 1 is 1.18 bits per heavy atom. The Morgan fingerprint density at radius 3 is 2.64 bits per heavy atom. The van der Waals surface area contributed by atoms with Crippen molar-refractivity contribution in [1.29, 1.82) is 0 Å². The van der Waals surface area contributed by atoms with E-state index in [1.165, 1.54) is 17.8 Å². The summed E-state index contributed by atoms with van der Waals surface area (Å²) in [6, 6.07) is 10.4. The Labute approximate surface area is 130 Å². The second-order valence-electron chi connectivity index (χ2n) is 4.24. The van der Waals surface area contributed by atoms with Crippen molar-refractivity contribution >= 4 is 28.5 Å². The lowest BCUT2D eigenvalue weighted by molar-refractivity contribution is 0.823. The maximum Gasteiger partial charge on any atom is 0.256 e. The molecule has 8 heteroatoms. The minimum atomic E-state index is -0.145. The summed E-state index contributed by atoms with van der Waals surface area (Å²) in [6.07, 6.45) is 3.61. The lowest BCUT2D eigenvalue weighted by Gasteiger charge is -2.10. The SMILES string of the molecule is CSc1ncc2ccc(=O)n(-c3cccc(N)c3)c2n1.O.O. The van der Waals surface area contributed by atoms with Gasteiger partial charge in [0.05, 0.1) is 5.69 Å². The molecule has 6 N–H and O–H groups in total. The van der Waals surface area contributed by atoms with Crippen molar-refractivity contribution in [3.05, 3.63) is 52.9 Å². The van der Waals surface area contributed by atoms with Crippen LogP contribution in [0.4, 0.5) is 5.69 Å². The first-order valence-corrected chi connectivity index (χ1v) is 7.20. The molecule has 0 amide bonds. The van der Waals surface area contributed by atoms with Gasteiger partial charge in [0.1, 0.15) is 0 Å². The molecule has 0 bridgehead atoms. The molecule has 0 radical (unpaired) electrons. The summed E-state index contributed by atoms with van der Waals surface area (Å²) in [4.78, 5) is 20.9. The summed E-state index contributed by atoms with van der Waals surface area (Å²) in [5.41, 5.74) is 7.54. The van der Waals surface area contributed by atoms with Crippen molar-refractivity contribution in [2.45, 2.75) is 5.16 Å². The standard InChI is InChI=1S/C14H12N4OS.2H2O/c1-20-14-16-8-9-5-6-12(19)18(13(9)17-14)11-4-2-3-10(15)7-11;;/h2-8H,15H2,1H3;2*1H2. The third kappa shape index (κ3) is 3.08. The van der Waals surface area contributed by atoms with Crippen LogP contribution in [-0.2, 0) is 0 Å². The summed E-state index contributed by atoms with van der Waals surface area (Å²) in [5.74, 6) is 0. The summed E-state index contributed by atoms with van der Waals surface area (Å²) < 4.78 is 1.55. The van der Waals surface area contributed by atoms with Crippen LogP contribution < -0.4 is 11.3 Å². The molecule has 116 valence electrons. The highest BCUT2D eigenvalue weighted by molar-refractivity contribution is 7.98. The smallest absolute Gasteiger partial charge is 0.256 e. The van der Waals surface area contributed by atoms with Gasteiger partial charge in [0, 0.05) is 23.3 Å². The van der Waals surface area contributed by atoms with Crippen LogP contribution in [0.25, 0.3) is 16.7 Å². The van der Waals surface area contributed by atoms with Gasteiger partial charge in [-0.1, -0.05) is 17.8 Å². The Bertz CT molecular complexity index is 851. The van der Waals surface area contributed by atoms with Gasteiger partial charge in [0.15, 0.2) is 10.8 Å². The van der Waals surface area contributed by atoms with E-state index in [1.807, 2.05) is 18.4 Å². The highest BCUT2D eigenvalue weighted by atomic mass is 32.2. The number of nitrogen functional groups attached to an aromatic ring is 1. The third-order valence-electron chi connectivity index (χ3n) is 2.92. The third-order valence-corrected chi connectivity index (χ3v) is 3.48. The molecule has 2 heterocycles. The van der Waals surface area contributed by atoms with E-state index in [0.29, 0.717) is 22.2 Å². The molecule has 0 saturated carbocycles. The average Bonchev–Trinajstić information content (AvgIpc) is 2.46. The summed E-state index contributed by atoms with van der Waals surface area (Å²) in [6.45, 7) is 0. The highest BCUT2D eigenvalue weighted by Crippen LogP contribution is 2.18. The number of thioether (sulfide) groups is 1. The number of nitrogens with zero attached hydrogens (tertiary/aromatic N) is 3. The number of nitrogens with two attached hydrogens (primary N) is 1. The fourth-order valence-electron chi connectivity index (χ4n) is 2.01. The van der Waals surface area contributed by atoms with Crippen molar-refractivity contribution in [1.82, 2.24) is 14.5 Å². The van der Waals surface area contributed by atoms with E-state index in [9.17, 15) is 4.79 Å². The number of benzene rings is 1. The molecule has 3 rings (SSSR count). The molecule has 3 aromatic rings. The second-order valence-corrected chi connectivity index (χ2v) is 5.01. The minimum absolute atomic E-state index is 0. The number of rotatable bonds is 2. The molecule has 0 aliphatic rings. The molecule has 0 saturated heterocycles. The van der Waals surface area contributed by atoms with E-state index in [2.05, 4.69) is 9.97 Å². The zero-order chi connectivity index (χ0) is 14.1. The van der Waals surface area contributed by atoms with Crippen LogP contribution in [0.3, 0.4) is 0 Å². The number of aromatic nitrogens is 3. The number of fused-ring (bicyclic) bond motifs is 1. The number of anilines is 1. The fourth-order valence-corrected chi connectivity index (χ4v) is 2.35. The van der Waals surface area contributed by atoms with Gasteiger partial charge in [0.2, 0.25) is 0 Å². The largest absolute Gasteiger partial charge is 0.412 e. The Balaban J connectivity index is 0.00000121. The molecule has 0 unspecified atom stereocenters. The van der Waals surface area contributed by atoms with Gasteiger partial charge >= 0.3 is 0 Å². The fraction of sp³-hybridized carbons (Fsp3) is 0.0714. The topological polar surface area (TPSA) is 137 Å². The quantitative estimate of drug-likeness (QED) is 0.415. The van der Waals surface area contributed by atoms with E-state index >= 15 is 0 Å². The lowest BCUT2D eigenvalue weighted by atomic mass is 10.2. The lowest BCUT2D eigenvalue weighted by Crippen LogP contribution is -2.18. The molecule has 1 aromatic carbocycles. The molecule has 0 aliphatic heterocycles. The number of hydrogen-bond donors (Lipinski definition) is 1. The van der Waals surface area contributed by atoms with Crippen molar-refractivity contribution in [3.63, 3.8) is 0 Å². The molecule has 0 atom stereocenters. The average molecular weight is 320 g/mol. The first-order chi connectivity index (χ1) is 9.69. The van der Waals surface area contributed by atoms with Gasteiger partial charge in [-0.15, -0.1) is 0 Å². The van der Waals surface area contributed by atoms with Crippen molar-refractivity contribution in [3.8, 4) is 5.69 Å². The number of pyridine rings is 1. The van der Waals surface area contributed by atoms with Gasteiger partial charge in [0.25, 0.3) is 5.56 Å². The number of hydrogen-bond acceptors (Lipinski definition) is 5. The Morgan fingerprint density at radius 2 is 1.95 bits per heavy atom. The molecule has 2 aromatic heterocycles. The zero-order valence-corrected chi connectivity index (χ0v) is 12.6. The Kier molecular flexibility index (Phi) is 5.63. The van der Waals surface area contributed by atoms with Crippen LogP contribution in [0.1, 0.15) is 0 Å². The van der Waals surface area contributed by atoms with Crippen LogP contribution in [0.5, 0.6) is 0 Å². The van der Waals surface area contributed by atoms with Gasteiger partial charge in [-0.05, 0) is 30.5 Å². The van der Waals surface area contributed by atoms with Crippen LogP contribution in [0, 0.1) is 0 Å². The molecular weight excluding hydrogens is 304 g/mol. The first kappa shape index (κ1) is 17.6. The monoisotopic (exact) mass is 320 g/mol. The van der Waals surface area contributed by atoms with E-state index < -0.39 is 0 Å². The van der Waals surface area contributed by atoms with E-state index in [4.69, 9.17) is 5.73 Å². The summed E-state index contributed by atoms with van der Waals surface area (Å²) in [5, 5.41) is 1.44. The first-order valence-electron chi connectivity index (χ1n) is 5.98. The van der Waals surface area contributed by atoms with Gasteiger partial charge in [-0.25, -0.2) is 9.97 Å². The van der Waals surface area contributed by atoms with E-state index in [1.54, 1.807) is 29.0 Å². The molecular formula is C14H16N4O3S. The van der Waals surface area contributed by atoms with Crippen LogP contribution >= 0.6 is 11.8 Å². The zero-order valence-electron chi connectivity index (χ0n) is 11.8. The second kappa shape index (κ2) is 7.03. The summed E-state index contributed by atoms with van der Waals surface area (Å²) >= 11 is 1.43. The molecule has 0 aliphatic carbocycles. The molecule has 7 nitrogen and oxygen atoms in total. The Hall–Kier alpha value is -2.42. The van der Waals surface area contributed by atoms with Gasteiger partial charge in [-0.3, -0.25) is 9.36 Å².